The zero-order valence-corrected chi connectivity index (χ0v) is 8.81. The van der Waals surface area contributed by atoms with Gasteiger partial charge in [-0.15, -0.1) is 12.4 Å². The molecule has 0 atom stereocenters. The number of aliphatic hydroxyl groups excluding tert-OH is 1. The molecule has 0 saturated heterocycles. The molecule has 5 heteroatoms. The normalized spacial score (nSPS) is 15.2. The third-order valence-corrected chi connectivity index (χ3v) is 2.22. The second-order valence-corrected chi connectivity index (χ2v) is 3.47. The van der Waals surface area contributed by atoms with Crippen LogP contribution >= 0.6 is 12.4 Å². The molecular weight excluding hydrogens is 202 g/mol. The second-order valence-electron chi connectivity index (χ2n) is 3.47. The summed E-state index contributed by atoms with van der Waals surface area (Å²) in [4.78, 5) is 7.58. The first kappa shape index (κ1) is 11.5. The van der Waals surface area contributed by atoms with Gasteiger partial charge in [0.1, 0.15) is 5.82 Å². The molecule has 0 aromatic carbocycles. The molecule has 0 aliphatic heterocycles. The van der Waals surface area contributed by atoms with Gasteiger partial charge in [0.2, 0.25) is 0 Å². The number of nitrogens with zero attached hydrogens (tertiary/aromatic N) is 1. The van der Waals surface area contributed by atoms with Crippen molar-refractivity contribution in [1.29, 1.82) is 0 Å². The van der Waals surface area contributed by atoms with Gasteiger partial charge in [-0.05, 0) is 12.8 Å². The predicted octanol–water partition coefficient (Wildman–Crippen LogP) is 0.791. The first-order valence-electron chi connectivity index (χ1n) is 4.75. The van der Waals surface area contributed by atoms with Crippen LogP contribution in [0.4, 0.5) is 0 Å². The van der Waals surface area contributed by atoms with Crippen molar-refractivity contribution in [3.8, 4) is 0 Å². The lowest BCUT2D eigenvalue weighted by molar-refractivity contribution is 0.291. The van der Waals surface area contributed by atoms with Crippen molar-refractivity contribution in [3.63, 3.8) is 0 Å². The van der Waals surface area contributed by atoms with Gasteiger partial charge in [-0.1, -0.05) is 0 Å². The van der Waals surface area contributed by atoms with Crippen molar-refractivity contribution < 1.29 is 5.11 Å². The Balaban J connectivity index is 0.000000980. The van der Waals surface area contributed by atoms with E-state index in [0.29, 0.717) is 12.5 Å². The van der Waals surface area contributed by atoms with Crippen LogP contribution in [0, 0.1) is 0 Å². The molecule has 0 unspecified atom stereocenters. The Morgan fingerprint density at radius 1 is 1.57 bits per heavy atom. The summed E-state index contributed by atoms with van der Waals surface area (Å²) in [5, 5.41) is 11.7. The molecule has 80 valence electrons. The molecule has 0 radical (unpaired) electrons. The lowest BCUT2D eigenvalue weighted by atomic mass is 10.4. The fourth-order valence-electron chi connectivity index (χ4n) is 1.33. The molecule has 1 aliphatic carbocycles. The number of aromatic nitrogens is 2. The van der Waals surface area contributed by atoms with Crippen LogP contribution in [0.3, 0.4) is 0 Å². The predicted molar refractivity (Wildman–Crippen MR) is 56.6 cm³/mol. The van der Waals surface area contributed by atoms with Crippen LogP contribution in [0.15, 0.2) is 6.20 Å². The average Bonchev–Trinajstić information content (AvgIpc) is 2.88. The molecule has 1 aromatic heterocycles. The van der Waals surface area contributed by atoms with Crippen LogP contribution in [0.2, 0.25) is 0 Å². The van der Waals surface area contributed by atoms with Gasteiger partial charge in [-0.3, -0.25) is 0 Å². The van der Waals surface area contributed by atoms with Crippen molar-refractivity contribution >= 4 is 12.4 Å². The fourth-order valence-corrected chi connectivity index (χ4v) is 1.33. The van der Waals surface area contributed by atoms with Gasteiger partial charge in [0.15, 0.2) is 0 Å². The topological polar surface area (TPSA) is 60.9 Å². The summed E-state index contributed by atoms with van der Waals surface area (Å²) in [6.07, 6.45) is 4.42. The van der Waals surface area contributed by atoms with Gasteiger partial charge in [0.05, 0.1) is 6.61 Å². The van der Waals surface area contributed by atoms with E-state index < -0.39 is 0 Å². The third kappa shape index (κ3) is 2.97. The summed E-state index contributed by atoms with van der Waals surface area (Å²) in [6.45, 7) is 1.59. The van der Waals surface area contributed by atoms with E-state index in [9.17, 15) is 0 Å². The third-order valence-electron chi connectivity index (χ3n) is 2.22. The largest absolute Gasteiger partial charge is 0.395 e. The van der Waals surface area contributed by atoms with E-state index in [4.69, 9.17) is 5.11 Å². The summed E-state index contributed by atoms with van der Waals surface area (Å²) >= 11 is 0. The van der Waals surface area contributed by atoms with Gasteiger partial charge in [-0.25, -0.2) is 4.98 Å². The van der Waals surface area contributed by atoms with Gasteiger partial charge < -0.3 is 15.4 Å². The molecule has 2 rings (SSSR count). The average molecular weight is 218 g/mol. The lowest BCUT2D eigenvalue weighted by Crippen LogP contribution is -2.17. The molecule has 3 N–H and O–H groups in total. The van der Waals surface area contributed by atoms with E-state index in [-0.39, 0.29) is 19.0 Å². The molecule has 1 fully saturated rings. The van der Waals surface area contributed by atoms with Gasteiger partial charge in [0, 0.05) is 30.9 Å². The molecule has 0 bridgehead atoms. The highest BCUT2D eigenvalue weighted by Gasteiger charge is 2.26. The number of H-pyrrole nitrogens is 1. The molecular formula is C9H16ClN3O. The Kier molecular flexibility index (Phi) is 4.38. The smallest absolute Gasteiger partial charge is 0.109 e. The number of aliphatic hydroxyl groups is 1. The lowest BCUT2D eigenvalue weighted by Gasteiger charge is -1.98. The Morgan fingerprint density at radius 2 is 2.36 bits per heavy atom. The summed E-state index contributed by atoms with van der Waals surface area (Å²) < 4.78 is 0. The maximum absolute atomic E-state index is 8.56. The first-order valence-corrected chi connectivity index (χ1v) is 4.75. The summed E-state index contributed by atoms with van der Waals surface area (Å²) in [6, 6.07) is 0. The minimum Gasteiger partial charge on any atom is -0.395 e. The van der Waals surface area contributed by atoms with Gasteiger partial charge >= 0.3 is 0 Å². The second kappa shape index (κ2) is 5.34. The van der Waals surface area contributed by atoms with Crippen molar-refractivity contribution in [3.05, 3.63) is 17.7 Å². The number of hydrogen-bond donors (Lipinski definition) is 3. The minimum atomic E-state index is 0. The van der Waals surface area contributed by atoms with Crippen molar-refractivity contribution in [2.75, 3.05) is 13.2 Å². The Morgan fingerprint density at radius 3 is 3.00 bits per heavy atom. The first-order chi connectivity index (χ1) is 6.40. The van der Waals surface area contributed by atoms with Crippen molar-refractivity contribution in [2.45, 2.75) is 25.3 Å². The highest BCUT2D eigenvalue weighted by molar-refractivity contribution is 5.85. The van der Waals surface area contributed by atoms with E-state index in [2.05, 4.69) is 15.3 Å². The molecule has 14 heavy (non-hydrogen) atoms. The summed E-state index contributed by atoms with van der Waals surface area (Å²) in [5.41, 5.74) is 1.11. The molecule has 0 spiro atoms. The Labute approximate surface area is 89.5 Å². The standard InChI is InChI=1S/C9H15N3O.ClH/c13-4-3-10-5-8-6-11-9(12-8)7-1-2-7;/h6-7,10,13H,1-5H2,(H,11,12);1H. The Bertz CT molecular complexity index is 273. The van der Waals surface area contributed by atoms with Crippen LogP contribution in [0.25, 0.3) is 0 Å². The van der Waals surface area contributed by atoms with E-state index >= 15 is 0 Å². The number of halogens is 1. The fraction of sp³-hybridized carbons (Fsp3) is 0.667. The molecule has 1 aliphatic rings. The molecule has 4 nitrogen and oxygen atoms in total. The minimum absolute atomic E-state index is 0. The van der Waals surface area contributed by atoms with Gasteiger partial charge in [-0.2, -0.15) is 0 Å². The Hall–Kier alpha value is -0.580. The molecule has 1 heterocycles. The van der Waals surface area contributed by atoms with Crippen molar-refractivity contribution in [2.24, 2.45) is 0 Å². The molecule has 1 saturated carbocycles. The highest BCUT2D eigenvalue weighted by atomic mass is 35.5. The van der Waals surface area contributed by atoms with Crippen LogP contribution in [-0.4, -0.2) is 28.2 Å². The van der Waals surface area contributed by atoms with Crippen LogP contribution < -0.4 is 5.32 Å². The van der Waals surface area contributed by atoms with E-state index in [1.165, 1.54) is 12.8 Å². The monoisotopic (exact) mass is 217 g/mol. The van der Waals surface area contributed by atoms with Crippen LogP contribution in [0.1, 0.15) is 30.3 Å². The van der Waals surface area contributed by atoms with Gasteiger partial charge in [0.25, 0.3) is 0 Å². The quantitative estimate of drug-likeness (QED) is 0.640. The number of nitrogens with one attached hydrogen (secondary N) is 2. The molecule has 0 amide bonds. The highest BCUT2D eigenvalue weighted by Crippen LogP contribution is 2.37. The van der Waals surface area contributed by atoms with Crippen molar-refractivity contribution in [1.82, 2.24) is 15.3 Å². The number of imidazole rings is 1. The van der Waals surface area contributed by atoms with Crippen LogP contribution in [-0.2, 0) is 6.54 Å². The maximum atomic E-state index is 8.56. The summed E-state index contributed by atoms with van der Waals surface area (Å²) in [5.74, 6) is 1.81. The maximum Gasteiger partial charge on any atom is 0.109 e. The van der Waals surface area contributed by atoms with Crippen LogP contribution in [0.5, 0.6) is 0 Å². The molecule has 1 aromatic rings. The number of rotatable bonds is 5. The van der Waals surface area contributed by atoms with E-state index in [1.54, 1.807) is 0 Å². The number of aromatic amines is 1. The summed E-state index contributed by atoms with van der Waals surface area (Å²) in [7, 11) is 0. The van der Waals surface area contributed by atoms with E-state index in [0.717, 1.165) is 18.1 Å². The van der Waals surface area contributed by atoms with E-state index in [1.807, 2.05) is 6.20 Å². The zero-order chi connectivity index (χ0) is 9.10. The SMILES string of the molecule is Cl.OCCNCc1cnc(C2CC2)[nH]1. The number of hydrogen-bond acceptors (Lipinski definition) is 3. The zero-order valence-electron chi connectivity index (χ0n) is 7.99.